The van der Waals surface area contributed by atoms with E-state index >= 15 is 0 Å². The summed E-state index contributed by atoms with van der Waals surface area (Å²) in [5.41, 5.74) is 1.98. The van der Waals surface area contributed by atoms with Gasteiger partial charge in [0.1, 0.15) is 0 Å². The second-order valence-electron chi connectivity index (χ2n) is 4.23. The highest BCUT2D eigenvalue weighted by Gasteiger charge is 2.35. The Morgan fingerprint density at radius 3 is 2.67 bits per heavy atom. The van der Waals surface area contributed by atoms with Gasteiger partial charge in [0.15, 0.2) is 0 Å². The molecule has 4 nitrogen and oxygen atoms in total. The SMILES string of the molecule is COC(=O)C1CC(=O)N(c2ccc(CBr)cc2)C1. The van der Waals surface area contributed by atoms with Crippen LogP contribution < -0.4 is 4.90 Å². The van der Waals surface area contributed by atoms with Crippen molar-refractivity contribution >= 4 is 33.5 Å². The molecule has 0 saturated carbocycles. The Balaban J connectivity index is 2.13. The van der Waals surface area contributed by atoms with Crippen molar-refractivity contribution < 1.29 is 14.3 Å². The summed E-state index contributed by atoms with van der Waals surface area (Å²) >= 11 is 3.37. The topological polar surface area (TPSA) is 46.6 Å². The minimum atomic E-state index is -0.349. The van der Waals surface area contributed by atoms with Crippen molar-refractivity contribution in [3.63, 3.8) is 0 Å². The number of carbonyl (C=O) groups is 2. The average molecular weight is 312 g/mol. The highest BCUT2D eigenvalue weighted by Crippen LogP contribution is 2.26. The third-order valence-corrected chi connectivity index (χ3v) is 3.71. The molecule has 1 aliphatic rings. The maximum Gasteiger partial charge on any atom is 0.311 e. The minimum absolute atomic E-state index is 0.0306. The van der Waals surface area contributed by atoms with Crippen molar-refractivity contribution in [3.8, 4) is 0 Å². The number of anilines is 1. The zero-order valence-corrected chi connectivity index (χ0v) is 11.6. The van der Waals surface area contributed by atoms with Gasteiger partial charge in [-0.2, -0.15) is 0 Å². The smallest absolute Gasteiger partial charge is 0.311 e. The zero-order valence-electron chi connectivity index (χ0n) is 10.1. The van der Waals surface area contributed by atoms with E-state index in [0.29, 0.717) is 6.54 Å². The number of halogens is 1. The molecule has 96 valence electrons. The van der Waals surface area contributed by atoms with Crippen molar-refractivity contribution in [1.29, 1.82) is 0 Å². The van der Waals surface area contributed by atoms with Gasteiger partial charge in [0.2, 0.25) is 5.91 Å². The van der Waals surface area contributed by atoms with Crippen LogP contribution in [-0.2, 0) is 19.7 Å². The molecule has 2 rings (SSSR count). The number of amides is 1. The van der Waals surface area contributed by atoms with Crippen LogP contribution in [0.1, 0.15) is 12.0 Å². The van der Waals surface area contributed by atoms with Crippen LogP contribution in [0.5, 0.6) is 0 Å². The molecule has 0 aliphatic carbocycles. The van der Waals surface area contributed by atoms with E-state index in [-0.39, 0.29) is 24.2 Å². The van der Waals surface area contributed by atoms with Gasteiger partial charge in [-0.3, -0.25) is 9.59 Å². The zero-order chi connectivity index (χ0) is 13.1. The molecule has 0 spiro atoms. The normalized spacial score (nSPS) is 19.1. The molecule has 1 atom stereocenters. The third-order valence-electron chi connectivity index (χ3n) is 3.06. The van der Waals surface area contributed by atoms with E-state index in [9.17, 15) is 9.59 Å². The van der Waals surface area contributed by atoms with Gasteiger partial charge >= 0.3 is 5.97 Å². The lowest BCUT2D eigenvalue weighted by Gasteiger charge is -2.16. The maximum atomic E-state index is 11.9. The van der Waals surface area contributed by atoms with Gasteiger partial charge in [0.25, 0.3) is 0 Å². The van der Waals surface area contributed by atoms with Gasteiger partial charge < -0.3 is 9.64 Å². The number of alkyl halides is 1. The van der Waals surface area contributed by atoms with E-state index in [1.54, 1.807) is 4.90 Å². The summed E-state index contributed by atoms with van der Waals surface area (Å²) in [6, 6.07) is 7.72. The fourth-order valence-corrected chi connectivity index (χ4v) is 2.42. The van der Waals surface area contributed by atoms with E-state index < -0.39 is 0 Å². The molecule has 1 amide bonds. The van der Waals surface area contributed by atoms with Gasteiger partial charge in [-0.1, -0.05) is 28.1 Å². The molecular weight excluding hydrogens is 298 g/mol. The number of ether oxygens (including phenoxy) is 1. The molecule has 1 fully saturated rings. The molecule has 5 heteroatoms. The fraction of sp³-hybridized carbons (Fsp3) is 0.385. The molecule has 1 heterocycles. The van der Waals surface area contributed by atoms with E-state index in [2.05, 4.69) is 20.7 Å². The van der Waals surface area contributed by atoms with Crippen LogP contribution in [0.2, 0.25) is 0 Å². The Morgan fingerprint density at radius 2 is 2.11 bits per heavy atom. The number of benzene rings is 1. The van der Waals surface area contributed by atoms with Crippen molar-refractivity contribution in [1.82, 2.24) is 0 Å². The number of methoxy groups -OCH3 is 1. The van der Waals surface area contributed by atoms with Crippen LogP contribution in [0, 0.1) is 5.92 Å². The molecule has 0 bridgehead atoms. The Hall–Kier alpha value is -1.36. The predicted octanol–water partition coefficient (Wildman–Crippen LogP) is 2.11. The Labute approximate surface area is 114 Å². The Morgan fingerprint density at radius 1 is 1.44 bits per heavy atom. The molecule has 1 aliphatic heterocycles. The number of hydrogen-bond donors (Lipinski definition) is 0. The van der Waals surface area contributed by atoms with Gasteiger partial charge in [-0.05, 0) is 17.7 Å². The first kappa shape index (κ1) is 13.1. The number of hydrogen-bond acceptors (Lipinski definition) is 3. The quantitative estimate of drug-likeness (QED) is 0.634. The minimum Gasteiger partial charge on any atom is -0.469 e. The molecule has 1 aromatic rings. The predicted molar refractivity (Wildman–Crippen MR) is 71.5 cm³/mol. The average Bonchev–Trinajstić information content (AvgIpc) is 2.80. The molecule has 0 radical (unpaired) electrons. The highest BCUT2D eigenvalue weighted by atomic mass is 79.9. The number of rotatable bonds is 3. The van der Waals surface area contributed by atoms with E-state index in [1.807, 2.05) is 24.3 Å². The largest absolute Gasteiger partial charge is 0.469 e. The van der Waals surface area contributed by atoms with Crippen LogP contribution >= 0.6 is 15.9 Å². The van der Waals surface area contributed by atoms with Crippen LogP contribution in [-0.4, -0.2) is 25.5 Å². The molecule has 1 unspecified atom stereocenters. The summed E-state index contributed by atoms with van der Waals surface area (Å²) in [5, 5.41) is 0.784. The summed E-state index contributed by atoms with van der Waals surface area (Å²) in [6.07, 6.45) is 0.229. The Bertz CT molecular complexity index is 458. The van der Waals surface area contributed by atoms with E-state index in [0.717, 1.165) is 16.6 Å². The van der Waals surface area contributed by atoms with E-state index in [1.165, 1.54) is 7.11 Å². The lowest BCUT2D eigenvalue weighted by Crippen LogP contribution is -2.26. The molecule has 1 aromatic carbocycles. The van der Waals surface area contributed by atoms with Crippen molar-refractivity contribution in [2.75, 3.05) is 18.6 Å². The van der Waals surface area contributed by atoms with Crippen molar-refractivity contribution in [2.24, 2.45) is 5.92 Å². The Kier molecular flexibility index (Phi) is 4.01. The second kappa shape index (κ2) is 5.52. The van der Waals surface area contributed by atoms with Crippen molar-refractivity contribution in [2.45, 2.75) is 11.8 Å². The molecule has 0 aromatic heterocycles. The molecule has 0 N–H and O–H groups in total. The van der Waals surface area contributed by atoms with Crippen LogP contribution in [0.4, 0.5) is 5.69 Å². The molecule has 1 saturated heterocycles. The lowest BCUT2D eigenvalue weighted by molar-refractivity contribution is -0.145. The van der Waals surface area contributed by atoms with E-state index in [4.69, 9.17) is 0 Å². The standard InChI is InChI=1S/C13H14BrNO3/c1-18-13(17)10-6-12(16)15(8-10)11-4-2-9(7-14)3-5-11/h2-5,10H,6-8H2,1H3. The summed E-state index contributed by atoms with van der Waals surface area (Å²) in [6.45, 7) is 0.402. The first-order valence-corrected chi connectivity index (χ1v) is 6.81. The van der Waals surface area contributed by atoms with Crippen LogP contribution in [0.3, 0.4) is 0 Å². The summed E-state index contributed by atoms with van der Waals surface area (Å²) < 4.78 is 4.68. The first-order valence-electron chi connectivity index (χ1n) is 5.68. The monoisotopic (exact) mass is 311 g/mol. The van der Waals surface area contributed by atoms with Gasteiger partial charge in [0.05, 0.1) is 13.0 Å². The van der Waals surface area contributed by atoms with Gasteiger partial charge in [-0.15, -0.1) is 0 Å². The highest BCUT2D eigenvalue weighted by molar-refractivity contribution is 9.08. The summed E-state index contributed by atoms with van der Waals surface area (Å²) in [5.74, 6) is -0.696. The first-order chi connectivity index (χ1) is 8.65. The lowest BCUT2D eigenvalue weighted by atomic mass is 10.1. The molecule has 18 heavy (non-hydrogen) atoms. The van der Waals surface area contributed by atoms with Gasteiger partial charge in [-0.25, -0.2) is 0 Å². The number of esters is 1. The van der Waals surface area contributed by atoms with Crippen LogP contribution in [0.25, 0.3) is 0 Å². The third kappa shape index (κ3) is 2.56. The number of nitrogens with zero attached hydrogens (tertiary/aromatic N) is 1. The summed E-state index contributed by atoms with van der Waals surface area (Å²) in [4.78, 5) is 24.9. The number of carbonyl (C=O) groups excluding carboxylic acids is 2. The van der Waals surface area contributed by atoms with Crippen LogP contribution in [0.15, 0.2) is 24.3 Å². The summed E-state index contributed by atoms with van der Waals surface area (Å²) in [7, 11) is 1.35. The second-order valence-corrected chi connectivity index (χ2v) is 4.79. The maximum absolute atomic E-state index is 11.9. The van der Waals surface area contributed by atoms with Gasteiger partial charge in [0, 0.05) is 24.0 Å². The van der Waals surface area contributed by atoms with Crippen molar-refractivity contribution in [3.05, 3.63) is 29.8 Å². The molecular formula is C13H14BrNO3. The fourth-order valence-electron chi connectivity index (χ4n) is 2.05.